The number of phenols is 1. The molecule has 104 valence electrons. The molecule has 1 aliphatic rings. The van der Waals surface area contributed by atoms with Gasteiger partial charge in [0.15, 0.2) is 0 Å². The summed E-state index contributed by atoms with van der Waals surface area (Å²) in [7, 11) is 0. The largest absolute Gasteiger partial charge is 0.508 e. The maximum Gasteiger partial charge on any atom is 0.223 e. The minimum atomic E-state index is -0.155. The Hall–Kier alpha value is -0.970. The van der Waals surface area contributed by atoms with Gasteiger partial charge in [-0.15, -0.1) is 0 Å². The van der Waals surface area contributed by atoms with Gasteiger partial charge >= 0.3 is 0 Å². The molecule has 1 atom stereocenters. The Morgan fingerprint density at radius 2 is 2.11 bits per heavy atom. The third-order valence-corrected chi connectivity index (χ3v) is 4.14. The van der Waals surface area contributed by atoms with Gasteiger partial charge < -0.3 is 15.1 Å². The van der Waals surface area contributed by atoms with E-state index in [1.165, 1.54) is 12.1 Å². The summed E-state index contributed by atoms with van der Waals surface area (Å²) in [5.74, 6) is -0.0810. The van der Waals surface area contributed by atoms with Crippen molar-refractivity contribution in [1.82, 2.24) is 4.90 Å². The molecule has 1 aliphatic heterocycles. The van der Waals surface area contributed by atoms with Crippen LogP contribution in [0.25, 0.3) is 0 Å². The van der Waals surface area contributed by atoms with E-state index in [0.29, 0.717) is 41.5 Å². The summed E-state index contributed by atoms with van der Waals surface area (Å²) in [5, 5.41) is 19.4. The van der Waals surface area contributed by atoms with Gasteiger partial charge in [0.1, 0.15) is 5.75 Å². The number of carbonyl (C=O) groups excluding carboxylic acids is 1. The van der Waals surface area contributed by atoms with Crippen LogP contribution in [-0.4, -0.2) is 40.7 Å². The number of carbonyl (C=O) groups is 1. The Morgan fingerprint density at radius 3 is 2.79 bits per heavy atom. The molecule has 1 aromatic rings. The van der Waals surface area contributed by atoms with Crippen LogP contribution in [0.3, 0.4) is 0 Å². The first-order valence-electron chi connectivity index (χ1n) is 6.10. The van der Waals surface area contributed by atoms with Crippen LogP contribution in [0.4, 0.5) is 0 Å². The first-order chi connectivity index (χ1) is 9.04. The zero-order chi connectivity index (χ0) is 14.0. The summed E-state index contributed by atoms with van der Waals surface area (Å²) >= 11 is 12.1. The molecule has 6 heteroatoms. The molecular weight excluding hydrogens is 289 g/mol. The molecule has 0 bridgehead atoms. The average molecular weight is 304 g/mol. The van der Waals surface area contributed by atoms with Crippen molar-refractivity contribution in [1.29, 1.82) is 0 Å². The van der Waals surface area contributed by atoms with Crippen molar-refractivity contribution in [3.05, 3.63) is 27.7 Å². The normalized spacial score (nSPS) is 19.2. The van der Waals surface area contributed by atoms with E-state index in [9.17, 15) is 9.90 Å². The van der Waals surface area contributed by atoms with E-state index >= 15 is 0 Å². The van der Waals surface area contributed by atoms with Gasteiger partial charge in [0.25, 0.3) is 0 Å². The molecule has 1 unspecified atom stereocenters. The molecule has 0 radical (unpaired) electrons. The average Bonchev–Trinajstić information content (AvgIpc) is 2.73. The maximum absolute atomic E-state index is 11.9. The number of rotatable bonds is 4. The first-order valence-corrected chi connectivity index (χ1v) is 6.85. The summed E-state index contributed by atoms with van der Waals surface area (Å²) < 4.78 is 0. The van der Waals surface area contributed by atoms with E-state index in [1.54, 1.807) is 4.90 Å². The third kappa shape index (κ3) is 2.96. The highest BCUT2D eigenvalue weighted by atomic mass is 35.5. The van der Waals surface area contributed by atoms with E-state index in [4.69, 9.17) is 28.3 Å². The fourth-order valence-corrected chi connectivity index (χ4v) is 2.87. The second kappa shape index (κ2) is 5.99. The van der Waals surface area contributed by atoms with Gasteiger partial charge in [-0.3, -0.25) is 4.79 Å². The van der Waals surface area contributed by atoms with Crippen molar-refractivity contribution in [2.75, 3.05) is 19.7 Å². The standard InChI is InChI=1S/C13H15Cl2NO3/c14-9-2-3-10(18)12(13(9)15)8-6-11(19)16(7-8)4-1-5-17/h2-3,8,17-18H,1,4-7H2. The highest BCUT2D eigenvalue weighted by Gasteiger charge is 2.33. The lowest BCUT2D eigenvalue weighted by molar-refractivity contribution is -0.127. The summed E-state index contributed by atoms with van der Waals surface area (Å²) in [5.41, 5.74) is 0.536. The summed E-state index contributed by atoms with van der Waals surface area (Å²) in [6.45, 7) is 1.06. The SMILES string of the molecule is O=C1CC(c2c(O)ccc(Cl)c2Cl)CN1CCCO. The van der Waals surface area contributed by atoms with Crippen LogP contribution < -0.4 is 0 Å². The lowest BCUT2D eigenvalue weighted by Crippen LogP contribution is -2.26. The van der Waals surface area contributed by atoms with Crippen LogP contribution >= 0.6 is 23.2 Å². The summed E-state index contributed by atoms with van der Waals surface area (Å²) in [6, 6.07) is 3.02. The van der Waals surface area contributed by atoms with Gasteiger partial charge in [0.05, 0.1) is 10.0 Å². The van der Waals surface area contributed by atoms with E-state index in [0.717, 1.165) is 0 Å². The molecule has 19 heavy (non-hydrogen) atoms. The number of phenolic OH excluding ortho intramolecular Hbond substituents is 1. The molecule has 0 aromatic heterocycles. The number of nitrogens with zero attached hydrogens (tertiary/aromatic N) is 1. The third-order valence-electron chi connectivity index (χ3n) is 3.32. The Kier molecular flexibility index (Phi) is 4.55. The lowest BCUT2D eigenvalue weighted by Gasteiger charge is -2.17. The summed E-state index contributed by atoms with van der Waals surface area (Å²) in [4.78, 5) is 13.5. The molecule has 1 saturated heterocycles. The van der Waals surface area contributed by atoms with E-state index < -0.39 is 0 Å². The van der Waals surface area contributed by atoms with Crippen LogP contribution in [0, 0.1) is 0 Å². The molecule has 4 nitrogen and oxygen atoms in total. The van der Waals surface area contributed by atoms with Gasteiger partial charge in [0.2, 0.25) is 5.91 Å². The number of amides is 1. The Labute approximate surface area is 121 Å². The first kappa shape index (κ1) is 14.4. The quantitative estimate of drug-likeness (QED) is 0.898. The Bertz CT molecular complexity index is 493. The second-order valence-electron chi connectivity index (χ2n) is 4.61. The van der Waals surface area contributed by atoms with Crippen molar-refractivity contribution in [2.24, 2.45) is 0 Å². The number of hydrogen-bond acceptors (Lipinski definition) is 3. The number of halogens is 2. The predicted octanol–water partition coefficient (Wildman–Crippen LogP) is 2.40. The fourth-order valence-electron chi connectivity index (χ4n) is 2.39. The highest BCUT2D eigenvalue weighted by Crippen LogP contribution is 2.41. The van der Waals surface area contributed by atoms with Gasteiger partial charge in [-0.05, 0) is 18.6 Å². The molecule has 1 aromatic carbocycles. The van der Waals surface area contributed by atoms with Crippen LogP contribution in [0.1, 0.15) is 24.3 Å². The van der Waals surface area contributed by atoms with E-state index in [1.807, 2.05) is 0 Å². The van der Waals surface area contributed by atoms with Gasteiger partial charge in [0, 0.05) is 37.6 Å². The zero-order valence-corrected chi connectivity index (χ0v) is 11.8. The smallest absolute Gasteiger partial charge is 0.223 e. The molecule has 0 saturated carbocycles. The van der Waals surface area contributed by atoms with Crippen molar-refractivity contribution in [2.45, 2.75) is 18.8 Å². The number of aliphatic hydroxyl groups is 1. The monoisotopic (exact) mass is 303 g/mol. The Balaban J connectivity index is 2.21. The maximum atomic E-state index is 11.9. The summed E-state index contributed by atoms with van der Waals surface area (Å²) in [6.07, 6.45) is 0.854. The predicted molar refractivity (Wildman–Crippen MR) is 73.8 cm³/mol. The fraction of sp³-hybridized carbons (Fsp3) is 0.462. The van der Waals surface area contributed by atoms with Crippen molar-refractivity contribution in [3.63, 3.8) is 0 Å². The van der Waals surface area contributed by atoms with Crippen LogP contribution in [0.5, 0.6) is 5.75 Å². The molecule has 0 aliphatic carbocycles. The van der Waals surface area contributed by atoms with Crippen molar-refractivity contribution in [3.8, 4) is 5.75 Å². The second-order valence-corrected chi connectivity index (χ2v) is 5.40. The molecule has 0 spiro atoms. The van der Waals surface area contributed by atoms with Crippen LogP contribution in [0.2, 0.25) is 10.0 Å². The minimum absolute atomic E-state index is 0.00823. The van der Waals surface area contributed by atoms with Crippen LogP contribution in [-0.2, 0) is 4.79 Å². The molecule has 1 fully saturated rings. The van der Waals surface area contributed by atoms with Gasteiger partial charge in [-0.1, -0.05) is 23.2 Å². The molecule has 2 rings (SSSR count). The topological polar surface area (TPSA) is 60.8 Å². The van der Waals surface area contributed by atoms with Crippen molar-refractivity contribution < 1.29 is 15.0 Å². The molecular formula is C13H15Cl2NO3. The molecule has 1 amide bonds. The van der Waals surface area contributed by atoms with Crippen molar-refractivity contribution >= 4 is 29.1 Å². The van der Waals surface area contributed by atoms with Gasteiger partial charge in [-0.2, -0.15) is 0 Å². The Morgan fingerprint density at radius 1 is 1.37 bits per heavy atom. The molecule has 2 N–H and O–H groups in total. The number of likely N-dealkylation sites (tertiary alicyclic amines) is 1. The number of benzene rings is 1. The van der Waals surface area contributed by atoms with Gasteiger partial charge in [-0.25, -0.2) is 0 Å². The van der Waals surface area contributed by atoms with E-state index in [-0.39, 0.29) is 24.2 Å². The number of aliphatic hydroxyl groups excluding tert-OH is 1. The number of hydrogen-bond donors (Lipinski definition) is 2. The number of aromatic hydroxyl groups is 1. The highest BCUT2D eigenvalue weighted by molar-refractivity contribution is 6.42. The zero-order valence-electron chi connectivity index (χ0n) is 10.3. The minimum Gasteiger partial charge on any atom is -0.508 e. The van der Waals surface area contributed by atoms with Crippen LogP contribution in [0.15, 0.2) is 12.1 Å². The van der Waals surface area contributed by atoms with E-state index in [2.05, 4.69) is 0 Å². The lowest BCUT2D eigenvalue weighted by atomic mass is 9.97. The molecule has 1 heterocycles.